The Morgan fingerprint density at radius 3 is 2.26 bits per heavy atom. The summed E-state index contributed by atoms with van der Waals surface area (Å²) in [4.78, 5) is 28.4. The number of amides is 2. The van der Waals surface area contributed by atoms with Gasteiger partial charge < -0.3 is 10.2 Å². The quantitative estimate of drug-likeness (QED) is 0.320. The molecule has 0 saturated heterocycles. The highest BCUT2D eigenvalue weighted by molar-refractivity contribution is 7.92. The minimum Gasteiger partial charge on any atom is -0.352 e. The summed E-state index contributed by atoms with van der Waals surface area (Å²) < 4.78 is 26.2. The average molecular weight is 603 g/mol. The smallest absolute Gasteiger partial charge is 0.243 e. The van der Waals surface area contributed by atoms with Crippen molar-refractivity contribution in [1.82, 2.24) is 10.2 Å². The number of rotatable bonds is 12. The number of sulfonamides is 1. The van der Waals surface area contributed by atoms with E-state index in [9.17, 15) is 18.0 Å². The second-order valence-electron chi connectivity index (χ2n) is 9.60. The highest BCUT2D eigenvalue weighted by Gasteiger charge is 2.31. The van der Waals surface area contributed by atoms with Gasteiger partial charge in [-0.25, -0.2) is 8.42 Å². The molecule has 1 aliphatic carbocycles. The maximum Gasteiger partial charge on any atom is 0.243 e. The van der Waals surface area contributed by atoms with E-state index >= 15 is 0 Å². The van der Waals surface area contributed by atoms with Crippen LogP contribution in [0.4, 0.5) is 5.69 Å². The molecule has 1 saturated carbocycles. The first-order valence-corrected chi connectivity index (χ1v) is 15.7. The van der Waals surface area contributed by atoms with Crippen LogP contribution in [0, 0.1) is 0 Å². The van der Waals surface area contributed by atoms with Gasteiger partial charge in [0.25, 0.3) is 0 Å². The summed E-state index contributed by atoms with van der Waals surface area (Å²) in [5.74, 6) is -0.399. The lowest BCUT2D eigenvalue weighted by molar-refractivity contribution is -0.141. The zero-order valence-corrected chi connectivity index (χ0v) is 24.7. The molecule has 1 aliphatic rings. The fraction of sp³-hybridized carbons (Fsp3) is 0.481. The second kappa shape index (κ2) is 13.9. The molecule has 3 rings (SSSR count). The molecule has 7 nitrogen and oxygen atoms in total. The highest BCUT2D eigenvalue weighted by atomic mass is 35.5. The van der Waals surface area contributed by atoms with Gasteiger partial charge in [-0.1, -0.05) is 66.7 Å². The zero-order chi connectivity index (χ0) is 27.9. The number of nitrogens with one attached hydrogen (secondary N) is 1. The predicted molar refractivity (Wildman–Crippen MR) is 154 cm³/mol. The summed E-state index contributed by atoms with van der Waals surface area (Å²) in [5.41, 5.74) is 1.10. The van der Waals surface area contributed by atoms with Crippen molar-refractivity contribution in [2.45, 2.75) is 70.5 Å². The third-order valence-electron chi connectivity index (χ3n) is 6.68. The topological polar surface area (TPSA) is 86.8 Å². The van der Waals surface area contributed by atoms with E-state index in [1.807, 2.05) is 19.1 Å². The Morgan fingerprint density at radius 2 is 1.66 bits per heavy atom. The lowest BCUT2D eigenvalue weighted by Gasteiger charge is -2.32. The van der Waals surface area contributed by atoms with Crippen molar-refractivity contribution in [2.24, 2.45) is 0 Å². The third-order valence-corrected chi connectivity index (χ3v) is 8.67. The molecule has 208 valence electrons. The van der Waals surface area contributed by atoms with Crippen LogP contribution in [0.15, 0.2) is 42.5 Å². The van der Waals surface area contributed by atoms with Crippen LogP contribution in [-0.4, -0.2) is 50.0 Å². The van der Waals surface area contributed by atoms with Gasteiger partial charge in [0.1, 0.15) is 6.04 Å². The third kappa shape index (κ3) is 8.50. The number of carbonyl (C=O) groups excluding carboxylic acids is 2. The molecular formula is C27H34Cl3N3O4S. The lowest BCUT2D eigenvalue weighted by atomic mass is 10.1. The standard InChI is InChI=1S/C27H34Cl3N3O4S/c1-3-24(27(35)31-22-7-4-5-8-22)32(18-19-10-12-20(28)13-11-19)26(34)9-6-16-33(38(2,36)37)25-17-21(29)14-15-23(25)30/h10-15,17,22,24H,3-9,16,18H2,1-2H3,(H,31,35)/t24-/m1/s1. The molecule has 1 atom stereocenters. The van der Waals surface area contributed by atoms with Crippen molar-refractivity contribution >= 4 is 62.3 Å². The SMILES string of the molecule is CC[C@H](C(=O)NC1CCCC1)N(Cc1ccc(Cl)cc1)C(=O)CCCN(c1cc(Cl)ccc1Cl)S(C)(=O)=O. The van der Waals surface area contributed by atoms with Crippen molar-refractivity contribution in [1.29, 1.82) is 0 Å². The van der Waals surface area contributed by atoms with E-state index in [0.29, 0.717) is 16.5 Å². The highest BCUT2D eigenvalue weighted by Crippen LogP contribution is 2.31. The molecule has 0 aliphatic heterocycles. The summed E-state index contributed by atoms with van der Waals surface area (Å²) in [7, 11) is -3.69. The summed E-state index contributed by atoms with van der Waals surface area (Å²) in [6.45, 7) is 2.15. The molecule has 0 bridgehead atoms. The normalized spacial score (nSPS) is 14.8. The summed E-state index contributed by atoms with van der Waals surface area (Å²) in [6.07, 6.45) is 5.87. The molecule has 38 heavy (non-hydrogen) atoms. The van der Waals surface area contributed by atoms with Crippen molar-refractivity contribution in [2.75, 3.05) is 17.1 Å². The van der Waals surface area contributed by atoms with Crippen LogP contribution in [0.2, 0.25) is 15.1 Å². The zero-order valence-electron chi connectivity index (χ0n) is 21.6. The molecule has 0 heterocycles. The first kappa shape index (κ1) is 30.5. The van der Waals surface area contributed by atoms with E-state index in [1.165, 1.54) is 12.1 Å². The molecule has 2 aromatic rings. The number of carbonyl (C=O) groups is 2. The molecule has 2 aromatic carbocycles. The largest absolute Gasteiger partial charge is 0.352 e. The molecule has 0 unspecified atom stereocenters. The number of hydrogen-bond donors (Lipinski definition) is 1. The van der Waals surface area contributed by atoms with Gasteiger partial charge >= 0.3 is 0 Å². The molecule has 0 spiro atoms. The fourth-order valence-corrected chi connectivity index (χ4v) is 6.26. The van der Waals surface area contributed by atoms with Crippen LogP contribution in [0.3, 0.4) is 0 Å². The molecule has 1 N–H and O–H groups in total. The van der Waals surface area contributed by atoms with Gasteiger partial charge in [0, 0.05) is 35.6 Å². The second-order valence-corrected chi connectivity index (χ2v) is 12.8. The van der Waals surface area contributed by atoms with E-state index < -0.39 is 16.1 Å². The van der Waals surface area contributed by atoms with E-state index in [4.69, 9.17) is 34.8 Å². The first-order chi connectivity index (χ1) is 18.0. The Morgan fingerprint density at radius 1 is 1.03 bits per heavy atom. The fourth-order valence-electron chi connectivity index (χ4n) is 4.73. The number of halogens is 3. The van der Waals surface area contributed by atoms with Crippen LogP contribution in [0.5, 0.6) is 0 Å². The van der Waals surface area contributed by atoms with Gasteiger partial charge in [0.15, 0.2) is 0 Å². The number of benzene rings is 2. The molecular weight excluding hydrogens is 569 g/mol. The van der Waals surface area contributed by atoms with Crippen LogP contribution in [0.1, 0.15) is 57.4 Å². The first-order valence-electron chi connectivity index (χ1n) is 12.8. The van der Waals surface area contributed by atoms with E-state index in [0.717, 1.165) is 41.8 Å². The van der Waals surface area contributed by atoms with Crippen LogP contribution in [0.25, 0.3) is 0 Å². The summed E-state index contributed by atoms with van der Waals surface area (Å²) >= 11 is 18.4. The maximum absolute atomic E-state index is 13.5. The Hall–Kier alpha value is -2.00. The van der Waals surface area contributed by atoms with Crippen molar-refractivity contribution in [3.63, 3.8) is 0 Å². The predicted octanol–water partition coefficient (Wildman–Crippen LogP) is 6.06. The van der Waals surface area contributed by atoms with Crippen molar-refractivity contribution in [3.8, 4) is 0 Å². The van der Waals surface area contributed by atoms with Crippen LogP contribution < -0.4 is 9.62 Å². The molecule has 2 amide bonds. The van der Waals surface area contributed by atoms with Gasteiger partial charge in [-0.05, 0) is 61.6 Å². The van der Waals surface area contributed by atoms with Gasteiger partial charge in [0.2, 0.25) is 21.8 Å². The van der Waals surface area contributed by atoms with E-state index in [1.54, 1.807) is 23.1 Å². The number of anilines is 1. The average Bonchev–Trinajstić information content (AvgIpc) is 3.36. The Labute approximate surface area is 240 Å². The lowest BCUT2D eigenvalue weighted by Crippen LogP contribution is -2.51. The van der Waals surface area contributed by atoms with Gasteiger partial charge in [-0.15, -0.1) is 0 Å². The Kier molecular flexibility index (Phi) is 11.2. The minimum atomic E-state index is -3.69. The van der Waals surface area contributed by atoms with Crippen LogP contribution >= 0.6 is 34.8 Å². The maximum atomic E-state index is 13.5. The molecule has 0 aromatic heterocycles. The van der Waals surface area contributed by atoms with Gasteiger partial charge in [-0.2, -0.15) is 0 Å². The van der Waals surface area contributed by atoms with E-state index in [2.05, 4.69) is 5.32 Å². The van der Waals surface area contributed by atoms with Gasteiger partial charge in [-0.3, -0.25) is 13.9 Å². The summed E-state index contributed by atoms with van der Waals surface area (Å²) in [5, 5.41) is 4.29. The Balaban J connectivity index is 1.77. The van der Waals surface area contributed by atoms with Crippen LogP contribution in [-0.2, 0) is 26.2 Å². The minimum absolute atomic E-state index is 0.0322. The molecule has 11 heteroatoms. The summed E-state index contributed by atoms with van der Waals surface area (Å²) in [6, 6.07) is 11.2. The number of nitrogens with zero attached hydrogens (tertiary/aromatic N) is 2. The van der Waals surface area contributed by atoms with Crippen molar-refractivity contribution < 1.29 is 18.0 Å². The Bertz CT molecular complexity index is 1220. The van der Waals surface area contributed by atoms with E-state index in [-0.39, 0.29) is 54.5 Å². The van der Waals surface area contributed by atoms with Crippen molar-refractivity contribution in [3.05, 3.63) is 63.1 Å². The molecule has 0 radical (unpaired) electrons. The van der Waals surface area contributed by atoms with Gasteiger partial charge in [0.05, 0.1) is 17.0 Å². The molecule has 1 fully saturated rings. The number of hydrogen-bond acceptors (Lipinski definition) is 4. The monoisotopic (exact) mass is 601 g/mol.